The van der Waals surface area contributed by atoms with Gasteiger partial charge < -0.3 is 5.32 Å². The number of nitrogens with one attached hydrogen (secondary N) is 1. The Kier molecular flexibility index (Phi) is 5.29. The van der Waals surface area contributed by atoms with E-state index >= 15 is 0 Å². The van der Waals surface area contributed by atoms with E-state index in [1.165, 1.54) is 0 Å². The van der Waals surface area contributed by atoms with E-state index in [1.54, 1.807) is 6.07 Å². The van der Waals surface area contributed by atoms with Gasteiger partial charge in [0.2, 0.25) is 5.91 Å². The topological polar surface area (TPSA) is 29.1 Å². The SMILES string of the molecule is O=C(Cc1cccc(Cl)c1)NC(c1ccccc1)c1ccccc1. The van der Waals surface area contributed by atoms with Gasteiger partial charge in [-0.25, -0.2) is 0 Å². The molecule has 0 saturated carbocycles. The van der Waals surface area contributed by atoms with Crippen molar-refractivity contribution in [2.24, 2.45) is 0 Å². The Morgan fingerprint density at radius 1 is 0.833 bits per heavy atom. The first-order chi connectivity index (χ1) is 11.7. The van der Waals surface area contributed by atoms with Crippen LogP contribution in [0.2, 0.25) is 5.02 Å². The number of carbonyl (C=O) groups is 1. The standard InChI is InChI=1S/C21H18ClNO/c22-19-13-7-8-16(14-19)15-20(24)23-21(17-9-3-1-4-10-17)18-11-5-2-6-12-18/h1-14,21H,15H2,(H,23,24). The number of benzene rings is 3. The van der Waals surface area contributed by atoms with Crippen LogP contribution in [0, 0.1) is 0 Å². The molecule has 0 aliphatic rings. The molecule has 3 aromatic carbocycles. The summed E-state index contributed by atoms with van der Waals surface area (Å²) in [4.78, 5) is 12.5. The van der Waals surface area contributed by atoms with Crippen molar-refractivity contribution < 1.29 is 4.79 Å². The first kappa shape index (κ1) is 16.3. The monoisotopic (exact) mass is 335 g/mol. The van der Waals surface area contributed by atoms with Gasteiger partial charge in [0.05, 0.1) is 12.5 Å². The smallest absolute Gasteiger partial charge is 0.225 e. The fourth-order valence-corrected chi connectivity index (χ4v) is 2.91. The van der Waals surface area contributed by atoms with E-state index in [0.29, 0.717) is 11.4 Å². The zero-order chi connectivity index (χ0) is 16.8. The molecule has 120 valence electrons. The second kappa shape index (κ2) is 7.80. The van der Waals surface area contributed by atoms with Crippen LogP contribution in [0.25, 0.3) is 0 Å². The molecule has 2 nitrogen and oxygen atoms in total. The highest BCUT2D eigenvalue weighted by molar-refractivity contribution is 6.30. The van der Waals surface area contributed by atoms with Crippen molar-refractivity contribution in [3.05, 3.63) is 107 Å². The highest BCUT2D eigenvalue weighted by Gasteiger charge is 2.16. The average Bonchev–Trinajstić information content (AvgIpc) is 2.61. The maximum Gasteiger partial charge on any atom is 0.225 e. The van der Waals surface area contributed by atoms with Crippen LogP contribution >= 0.6 is 11.6 Å². The first-order valence-corrected chi connectivity index (χ1v) is 8.24. The summed E-state index contributed by atoms with van der Waals surface area (Å²) >= 11 is 5.99. The number of amides is 1. The lowest BCUT2D eigenvalue weighted by atomic mass is 9.98. The Hall–Kier alpha value is -2.58. The summed E-state index contributed by atoms with van der Waals surface area (Å²) in [7, 11) is 0. The van der Waals surface area contributed by atoms with E-state index in [2.05, 4.69) is 5.32 Å². The lowest BCUT2D eigenvalue weighted by molar-refractivity contribution is -0.120. The van der Waals surface area contributed by atoms with Gasteiger partial charge >= 0.3 is 0 Å². The van der Waals surface area contributed by atoms with Crippen LogP contribution in [0.15, 0.2) is 84.9 Å². The van der Waals surface area contributed by atoms with E-state index in [4.69, 9.17) is 11.6 Å². The molecule has 0 fully saturated rings. The lowest BCUT2D eigenvalue weighted by Crippen LogP contribution is -2.30. The van der Waals surface area contributed by atoms with Gasteiger partial charge in [0, 0.05) is 5.02 Å². The molecule has 0 aliphatic heterocycles. The van der Waals surface area contributed by atoms with Gasteiger partial charge in [0.1, 0.15) is 0 Å². The number of rotatable bonds is 5. The molecule has 24 heavy (non-hydrogen) atoms. The highest BCUT2D eigenvalue weighted by Crippen LogP contribution is 2.22. The van der Waals surface area contributed by atoms with Gasteiger partial charge in [-0.05, 0) is 28.8 Å². The van der Waals surface area contributed by atoms with Crippen molar-refractivity contribution in [2.45, 2.75) is 12.5 Å². The number of hydrogen-bond acceptors (Lipinski definition) is 1. The van der Waals surface area contributed by atoms with Crippen LogP contribution in [0.4, 0.5) is 0 Å². The molecular weight excluding hydrogens is 318 g/mol. The summed E-state index contributed by atoms with van der Waals surface area (Å²) in [5.74, 6) is -0.0324. The van der Waals surface area contributed by atoms with Crippen molar-refractivity contribution >= 4 is 17.5 Å². The Morgan fingerprint density at radius 3 is 1.96 bits per heavy atom. The molecule has 3 heteroatoms. The molecule has 1 amide bonds. The van der Waals surface area contributed by atoms with Crippen LogP contribution in [-0.4, -0.2) is 5.91 Å². The number of hydrogen-bond donors (Lipinski definition) is 1. The van der Waals surface area contributed by atoms with Gasteiger partial charge in [-0.1, -0.05) is 84.4 Å². The van der Waals surface area contributed by atoms with Crippen molar-refractivity contribution in [1.29, 1.82) is 0 Å². The van der Waals surface area contributed by atoms with Crippen LogP contribution in [0.1, 0.15) is 22.7 Å². The maximum atomic E-state index is 12.5. The van der Waals surface area contributed by atoms with Crippen molar-refractivity contribution in [1.82, 2.24) is 5.32 Å². The summed E-state index contributed by atoms with van der Waals surface area (Å²) in [5, 5.41) is 3.78. The summed E-state index contributed by atoms with van der Waals surface area (Å²) < 4.78 is 0. The molecule has 0 aromatic heterocycles. The average molecular weight is 336 g/mol. The minimum Gasteiger partial charge on any atom is -0.345 e. The Morgan fingerprint density at radius 2 is 1.42 bits per heavy atom. The van der Waals surface area contributed by atoms with E-state index in [9.17, 15) is 4.79 Å². The molecule has 0 bridgehead atoms. The third kappa shape index (κ3) is 4.24. The van der Waals surface area contributed by atoms with Gasteiger partial charge in [-0.15, -0.1) is 0 Å². The van der Waals surface area contributed by atoms with Crippen LogP contribution in [-0.2, 0) is 11.2 Å². The van der Waals surface area contributed by atoms with Gasteiger partial charge in [-0.2, -0.15) is 0 Å². The van der Waals surface area contributed by atoms with Crippen molar-refractivity contribution in [3.63, 3.8) is 0 Å². The molecule has 0 radical (unpaired) electrons. The molecule has 3 aromatic rings. The van der Waals surface area contributed by atoms with E-state index < -0.39 is 0 Å². The molecule has 0 unspecified atom stereocenters. The number of carbonyl (C=O) groups excluding carboxylic acids is 1. The predicted octanol–water partition coefficient (Wildman–Crippen LogP) is 4.79. The zero-order valence-corrected chi connectivity index (χ0v) is 13.9. The van der Waals surface area contributed by atoms with Crippen molar-refractivity contribution in [2.75, 3.05) is 0 Å². The second-order valence-electron chi connectivity index (χ2n) is 5.63. The molecule has 0 atom stereocenters. The Balaban J connectivity index is 1.80. The van der Waals surface area contributed by atoms with Crippen LogP contribution < -0.4 is 5.32 Å². The summed E-state index contributed by atoms with van der Waals surface area (Å²) in [6.45, 7) is 0. The second-order valence-corrected chi connectivity index (χ2v) is 6.07. The Labute approximate surface area is 147 Å². The van der Waals surface area contributed by atoms with E-state index in [0.717, 1.165) is 16.7 Å². The lowest BCUT2D eigenvalue weighted by Gasteiger charge is -2.20. The molecule has 0 heterocycles. The molecular formula is C21H18ClNO. The molecule has 0 saturated heterocycles. The fourth-order valence-electron chi connectivity index (χ4n) is 2.69. The van der Waals surface area contributed by atoms with Gasteiger partial charge in [-0.3, -0.25) is 4.79 Å². The quantitative estimate of drug-likeness (QED) is 0.713. The number of halogens is 1. The summed E-state index contributed by atoms with van der Waals surface area (Å²) in [6.07, 6.45) is 0.302. The van der Waals surface area contributed by atoms with E-state index in [1.807, 2.05) is 78.9 Å². The van der Waals surface area contributed by atoms with Crippen molar-refractivity contribution in [3.8, 4) is 0 Å². The third-order valence-electron chi connectivity index (χ3n) is 3.82. The molecule has 3 rings (SSSR count). The largest absolute Gasteiger partial charge is 0.345 e. The highest BCUT2D eigenvalue weighted by atomic mass is 35.5. The first-order valence-electron chi connectivity index (χ1n) is 7.86. The molecule has 0 aliphatic carbocycles. The fraction of sp³-hybridized carbons (Fsp3) is 0.0952. The maximum absolute atomic E-state index is 12.5. The van der Waals surface area contributed by atoms with Gasteiger partial charge in [0.15, 0.2) is 0 Å². The Bertz CT molecular complexity index is 763. The van der Waals surface area contributed by atoms with Crippen LogP contribution in [0.3, 0.4) is 0 Å². The summed E-state index contributed by atoms with van der Waals surface area (Å²) in [5.41, 5.74) is 3.02. The van der Waals surface area contributed by atoms with Gasteiger partial charge in [0.25, 0.3) is 0 Å². The summed E-state index contributed by atoms with van der Waals surface area (Å²) in [6, 6.07) is 27.2. The minimum atomic E-state index is -0.168. The molecule has 1 N–H and O–H groups in total. The third-order valence-corrected chi connectivity index (χ3v) is 4.06. The predicted molar refractivity (Wildman–Crippen MR) is 98.0 cm³/mol. The minimum absolute atomic E-state index is 0.0324. The molecule has 0 spiro atoms. The van der Waals surface area contributed by atoms with Crippen LogP contribution in [0.5, 0.6) is 0 Å². The zero-order valence-electron chi connectivity index (χ0n) is 13.2. The normalized spacial score (nSPS) is 10.6. The van der Waals surface area contributed by atoms with E-state index in [-0.39, 0.29) is 11.9 Å².